The highest BCUT2D eigenvalue weighted by atomic mass is 16.5. The summed E-state index contributed by atoms with van der Waals surface area (Å²) in [5.41, 5.74) is 0.168. The first kappa shape index (κ1) is 13.5. The first-order valence-corrected chi connectivity index (χ1v) is 6.12. The number of hydrogen-bond donors (Lipinski definition) is 1. The van der Waals surface area contributed by atoms with Crippen LogP contribution in [0.5, 0.6) is 0 Å². The molecule has 0 aliphatic carbocycles. The number of carboxylic acids is 1. The Morgan fingerprint density at radius 2 is 2.37 bits per heavy atom. The highest BCUT2D eigenvalue weighted by Crippen LogP contribution is 2.13. The minimum Gasteiger partial charge on any atom is -0.480 e. The number of amides is 1. The minimum atomic E-state index is -1.03. The van der Waals surface area contributed by atoms with Gasteiger partial charge in [0.15, 0.2) is 5.69 Å². The van der Waals surface area contributed by atoms with Crippen molar-refractivity contribution in [1.29, 1.82) is 0 Å². The zero-order chi connectivity index (χ0) is 13.8. The topological polar surface area (TPSA) is 97.5 Å². The van der Waals surface area contributed by atoms with Gasteiger partial charge in [-0.05, 0) is 6.42 Å². The van der Waals surface area contributed by atoms with Gasteiger partial charge in [-0.1, -0.05) is 12.1 Å². The van der Waals surface area contributed by atoms with Gasteiger partial charge in [0.2, 0.25) is 0 Å². The number of ether oxygens (including phenoxy) is 1. The monoisotopic (exact) mass is 268 g/mol. The molecule has 2 heterocycles. The molecule has 1 fully saturated rings. The summed E-state index contributed by atoms with van der Waals surface area (Å²) in [7, 11) is 0. The molecule has 1 unspecified atom stereocenters. The molecule has 1 N–H and O–H groups in total. The van der Waals surface area contributed by atoms with Gasteiger partial charge in [0, 0.05) is 6.54 Å². The molecule has 1 saturated heterocycles. The highest BCUT2D eigenvalue weighted by molar-refractivity contribution is 5.92. The number of carboxylic acid groups (broad SMARTS) is 1. The molecule has 19 heavy (non-hydrogen) atoms. The van der Waals surface area contributed by atoms with Gasteiger partial charge in [-0.2, -0.15) is 0 Å². The van der Waals surface area contributed by atoms with Gasteiger partial charge in [0.05, 0.1) is 25.5 Å². The maximum absolute atomic E-state index is 12.3. The van der Waals surface area contributed by atoms with Crippen LogP contribution in [-0.2, 0) is 16.1 Å². The molecular formula is C11H16N4O4. The lowest BCUT2D eigenvalue weighted by Gasteiger charge is -2.34. The van der Waals surface area contributed by atoms with E-state index in [1.807, 2.05) is 6.92 Å². The van der Waals surface area contributed by atoms with Crippen LogP contribution < -0.4 is 0 Å². The van der Waals surface area contributed by atoms with Gasteiger partial charge in [0.25, 0.3) is 5.91 Å². The van der Waals surface area contributed by atoms with Crippen molar-refractivity contribution in [3.05, 3.63) is 11.9 Å². The highest BCUT2D eigenvalue weighted by Gasteiger charge is 2.28. The molecule has 0 spiro atoms. The first-order valence-electron chi connectivity index (χ1n) is 6.12. The van der Waals surface area contributed by atoms with Crippen molar-refractivity contribution in [1.82, 2.24) is 19.9 Å². The van der Waals surface area contributed by atoms with Crippen molar-refractivity contribution in [3.8, 4) is 0 Å². The van der Waals surface area contributed by atoms with Gasteiger partial charge in [-0.15, -0.1) is 5.10 Å². The second kappa shape index (κ2) is 5.79. The van der Waals surface area contributed by atoms with Crippen molar-refractivity contribution in [3.63, 3.8) is 0 Å². The third kappa shape index (κ3) is 3.08. The number of carbonyl (C=O) groups excluding carboxylic acids is 1. The van der Waals surface area contributed by atoms with E-state index in [9.17, 15) is 9.59 Å². The fourth-order valence-corrected chi connectivity index (χ4v) is 2.02. The van der Waals surface area contributed by atoms with Crippen LogP contribution in [-0.4, -0.2) is 62.7 Å². The zero-order valence-electron chi connectivity index (χ0n) is 10.7. The number of hydrogen-bond acceptors (Lipinski definition) is 5. The molecule has 1 amide bonds. The van der Waals surface area contributed by atoms with E-state index in [0.29, 0.717) is 19.8 Å². The number of aromatic nitrogens is 3. The van der Waals surface area contributed by atoms with Gasteiger partial charge in [-0.3, -0.25) is 9.59 Å². The summed E-state index contributed by atoms with van der Waals surface area (Å²) < 4.78 is 6.47. The summed E-state index contributed by atoms with van der Waals surface area (Å²) in [6.07, 6.45) is 2.16. The lowest BCUT2D eigenvalue weighted by atomic mass is 10.1. The van der Waals surface area contributed by atoms with Gasteiger partial charge in [-0.25, -0.2) is 4.68 Å². The Kier molecular flexibility index (Phi) is 4.10. The molecule has 0 bridgehead atoms. The van der Waals surface area contributed by atoms with E-state index in [0.717, 1.165) is 11.1 Å². The van der Waals surface area contributed by atoms with Gasteiger partial charge >= 0.3 is 5.97 Å². The number of morpholine rings is 1. The lowest BCUT2D eigenvalue weighted by Crippen LogP contribution is -2.48. The standard InChI is InChI=1S/C11H16N4O4/c1-2-8-7-19-4-3-15(8)11(18)9-5-14(13-12-9)6-10(16)17/h5,8H,2-4,6-7H2,1H3,(H,16,17). The second-order valence-electron chi connectivity index (χ2n) is 4.33. The number of carbonyl (C=O) groups is 2. The summed E-state index contributed by atoms with van der Waals surface area (Å²) in [4.78, 5) is 24.5. The van der Waals surface area contributed by atoms with Gasteiger partial charge < -0.3 is 14.7 Å². The average Bonchev–Trinajstić information content (AvgIpc) is 2.85. The molecular weight excluding hydrogens is 252 g/mol. The third-order valence-electron chi connectivity index (χ3n) is 3.01. The molecule has 104 valence electrons. The Balaban J connectivity index is 2.09. The molecule has 8 heteroatoms. The SMILES string of the molecule is CCC1COCCN1C(=O)c1cn(CC(=O)O)nn1. The molecule has 1 aromatic rings. The molecule has 1 aromatic heterocycles. The molecule has 1 atom stereocenters. The van der Waals surface area contributed by atoms with E-state index in [4.69, 9.17) is 9.84 Å². The largest absolute Gasteiger partial charge is 0.480 e. The van der Waals surface area contributed by atoms with Crippen LogP contribution in [0.25, 0.3) is 0 Å². The molecule has 1 aliphatic rings. The fourth-order valence-electron chi connectivity index (χ4n) is 2.02. The van der Waals surface area contributed by atoms with Crippen LogP contribution in [0, 0.1) is 0 Å². The van der Waals surface area contributed by atoms with Crippen LogP contribution in [0.3, 0.4) is 0 Å². The summed E-state index contributed by atoms with van der Waals surface area (Å²) in [5, 5.41) is 16.0. The van der Waals surface area contributed by atoms with E-state index in [2.05, 4.69) is 10.3 Å². The number of rotatable bonds is 4. The van der Waals surface area contributed by atoms with E-state index >= 15 is 0 Å². The molecule has 2 rings (SSSR count). The predicted octanol–water partition coefficient (Wildman–Crippen LogP) is -0.386. The van der Waals surface area contributed by atoms with Crippen LogP contribution in [0.2, 0.25) is 0 Å². The summed E-state index contributed by atoms with van der Waals surface area (Å²) >= 11 is 0. The summed E-state index contributed by atoms with van der Waals surface area (Å²) in [6.45, 7) is 3.22. The number of nitrogens with zero attached hydrogens (tertiary/aromatic N) is 4. The maximum atomic E-state index is 12.3. The van der Waals surface area contributed by atoms with Crippen LogP contribution >= 0.6 is 0 Å². The average molecular weight is 268 g/mol. The zero-order valence-corrected chi connectivity index (χ0v) is 10.7. The fraction of sp³-hybridized carbons (Fsp3) is 0.636. The van der Waals surface area contributed by atoms with Gasteiger partial charge in [0.1, 0.15) is 6.54 Å². The van der Waals surface area contributed by atoms with E-state index in [1.165, 1.54) is 6.20 Å². The Bertz CT molecular complexity index is 473. The second-order valence-corrected chi connectivity index (χ2v) is 4.33. The molecule has 0 aromatic carbocycles. The van der Waals surface area contributed by atoms with Crippen molar-refractivity contribution < 1.29 is 19.4 Å². The van der Waals surface area contributed by atoms with Crippen molar-refractivity contribution >= 4 is 11.9 Å². The third-order valence-corrected chi connectivity index (χ3v) is 3.01. The molecule has 0 radical (unpaired) electrons. The van der Waals surface area contributed by atoms with Crippen LogP contribution in [0.4, 0.5) is 0 Å². The first-order chi connectivity index (χ1) is 9.11. The molecule has 1 aliphatic heterocycles. The Labute approximate surface area is 109 Å². The smallest absolute Gasteiger partial charge is 0.325 e. The van der Waals surface area contributed by atoms with Crippen LogP contribution in [0.15, 0.2) is 6.20 Å². The van der Waals surface area contributed by atoms with E-state index in [1.54, 1.807) is 4.90 Å². The minimum absolute atomic E-state index is 0.0332. The quantitative estimate of drug-likeness (QED) is 0.799. The predicted molar refractivity (Wildman–Crippen MR) is 63.6 cm³/mol. The van der Waals surface area contributed by atoms with Crippen LogP contribution in [0.1, 0.15) is 23.8 Å². The molecule has 0 saturated carbocycles. The van der Waals surface area contributed by atoms with Crippen molar-refractivity contribution in [2.75, 3.05) is 19.8 Å². The van der Waals surface area contributed by atoms with Crippen molar-refractivity contribution in [2.45, 2.75) is 25.9 Å². The Hall–Kier alpha value is -1.96. The van der Waals surface area contributed by atoms with Crippen molar-refractivity contribution in [2.24, 2.45) is 0 Å². The summed E-state index contributed by atoms with van der Waals surface area (Å²) in [6, 6.07) is 0.0332. The maximum Gasteiger partial charge on any atom is 0.325 e. The van der Waals surface area contributed by atoms with E-state index < -0.39 is 5.97 Å². The normalized spacial score (nSPS) is 19.4. The summed E-state index contributed by atoms with van der Waals surface area (Å²) in [5.74, 6) is -1.26. The number of aliphatic carboxylic acids is 1. The Morgan fingerprint density at radius 1 is 1.58 bits per heavy atom. The lowest BCUT2D eigenvalue weighted by molar-refractivity contribution is -0.137. The Morgan fingerprint density at radius 3 is 3.05 bits per heavy atom. The molecule has 8 nitrogen and oxygen atoms in total. The van der Waals surface area contributed by atoms with E-state index in [-0.39, 0.29) is 24.2 Å².